The summed E-state index contributed by atoms with van der Waals surface area (Å²) >= 11 is 0. The second-order valence-corrected chi connectivity index (χ2v) is 4.85. The first-order valence-corrected chi connectivity index (χ1v) is 7.17. The monoisotopic (exact) mass is 310 g/mol. The highest BCUT2D eigenvalue weighted by atomic mass is 19.1. The van der Waals surface area contributed by atoms with Crippen LogP contribution in [0.3, 0.4) is 0 Å². The third-order valence-corrected chi connectivity index (χ3v) is 3.12. The van der Waals surface area contributed by atoms with Crippen LogP contribution in [0, 0.1) is 5.82 Å². The van der Waals surface area contributed by atoms with E-state index >= 15 is 0 Å². The molecule has 0 aliphatic rings. The molecule has 0 radical (unpaired) electrons. The van der Waals surface area contributed by atoms with Crippen molar-refractivity contribution in [2.75, 3.05) is 0 Å². The number of hydrogen-bond donors (Lipinski definition) is 0. The number of nitrogens with zero attached hydrogens (tertiary/aromatic N) is 2. The van der Waals surface area contributed by atoms with Crippen LogP contribution in [0.1, 0.15) is 11.1 Å². The summed E-state index contributed by atoms with van der Waals surface area (Å²) in [5, 5.41) is 0. The number of benzene rings is 2. The Kier molecular flexibility index (Phi) is 4.79. The third kappa shape index (κ3) is 4.26. The molecule has 2 aromatic carbocycles. The molecule has 0 atom stereocenters. The molecular formula is C18H15FN2O2. The molecule has 0 saturated carbocycles. The highest BCUT2D eigenvalue weighted by Crippen LogP contribution is 2.18. The van der Waals surface area contributed by atoms with E-state index in [1.165, 1.54) is 0 Å². The van der Waals surface area contributed by atoms with Crippen LogP contribution in [0.25, 0.3) is 0 Å². The highest BCUT2D eigenvalue weighted by Gasteiger charge is 2.09. The summed E-state index contributed by atoms with van der Waals surface area (Å²) in [4.78, 5) is 7.79. The smallest absolute Gasteiger partial charge is 0.320 e. The van der Waals surface area contributed by atoms with E-state index in [-0.39, 0.29) is 18.5 Å². The molecule has 0 saturated heterocycles. The predicted octanol–water partition coefficient (Wildman–Crippen LogP) is 3.77. The summed E-state index contributed by atoms with van der Waals surface area (Å²) < 4.78 is 24.6. The van der Waals surface area contributed by atoms with Gasteiger partial charge in [0, 0.05) is 0 Å². The molecule has 5 heteroatoms. The van der Waals surface area contributed by atoms with Crippen LogP contribution in [-0.2, 0) is 13.2 Å². The lowest BCUT2D eigenvalue weighted by molar-refractivity contribution is 0.247. The average Bonchev–Trinajstić information content (AvgIpc) is 2.62. The molecule has 0 aliphatic heterocycles. The van der Waals surface area contributed by atoms with Gasteiger partial charge in [0.1, 0.15) is 13.2 Å². The molecule has 3 rings (SSSR count). The lowest BCUT2D eigenvalue weighted by Gasteiger charge is -2.08. The number of rotatable bonds is 6. The minimum absolute atomic E-state index is 0.0818. The number of aromatic nitrogens is 2. The molecule has 23 heavy (non-hydrogen) atoms. The van der Waals surface area contributed by atoms with Gasteiger partial charge in [-0.1, -0.05) is 60.7 Å². The maximum absolute atomic E-state index is 13.7. The number of ether oxygens (including phenoxy) is 2. The van der Waals surface area contributed by atoms with Gasteiger partial charge in [-0.15, -0.1) is 0 Å². The quantitative estimate of drug-likeness (QED) is 0.695. The first kappa shape index (κ1) is 15.0. The molecule has 116 valence electrons. The van der Waals surface area contributed by atoms with Gasteiger partial charge in [0.15, 0.2) is 0 Å². The van der Waals surface area contributed by atoms with Crippen molar-refractivity contribution < 1.29 is 13.9 Å². The highest BCUT2D eigenvalue weighted by molar-refractivity contribution is 5.18. The fraction of sp³-hybridized carbons (Fsp3) is 0.111. The zero-order valence-corrected chi connectivity index (χ0v) is 12.4. The number of halogens is 1. The van der Waals surface area contributed by atoms with Gasteiger partial charge < -0.3 is 9.47 Å². The Bertz CT molecular complexity index is 751. The van der Waals surface area contributed by atoms with Crippen LogP contribution in [0.2, 0.25) is 0 Å². The Morgan fingerprint density at radius 2 is 1.35 bits per heavy atom. The van der Waals surface area contributed by atoms with Gasteiger partial charge in [0.25, 0.3) is 5.88 Å². The summed E-state index contributed by atoms with van der Waals surface area (Å²) in [6.45, 7) is 0.539. The fourth-order valence-corrected chi connectivity index (χ4v) is 1.96. The third-order valence-electron chi connectivity index (χ3n) is 3.12. The van der Waals surface area contributed by atoms with Crippen LogP contribution in [0.15, 0.2) is 66.9 Å². The Morgan fingerprint density at radius 3 is 1.96 bits per heavy atom. The minimum Gasteiger partial charge on any atom is -0.471 e. The standard InChI is InChI=1S/C18H15FN2O2/c19-16-11-20-18(23-13-15-9-5-2-6-10-15)21-17(16)22-12-14-7-3-1-4-8-14/h1-11H,12-13H2. The molecule has 1 aromatic heterocycles. The van der Waals surface area contributed by atoms with Crippen LogP contribution in [0.4, 0.5) is 4.39 Å². The van der Waals surface area contributed by atoms with Crippen molar-refractivity contribution in [3.63, 3.8) is 0 Å². The van der Waals surface area contributed by atoms with Crippen molar-refractivity contribution in [2.45, 2.75) is 13.2 Å². The molecule has 1 heterocycles. The van der Waals surface area contributed by atoms with Crippen molar-refractivity contribution in [3.8, 4) is 11.9 Å². The van der Waals surface area contributed by atoms with Crippen molar-refractivity contribution in [1.29, 1.82) is 0 Å². The van der Waals surface area contributed by atoms with Crippen molar-refractivity contribution in [1.82, 2.24) is 9.97 Å². The molecule has 0 bridgehead atoms. The maximum Gasteiger partial charge on any atom is 0.320 e. The molecule has 0 aliphatic carbocycles. The Morgan fingerprint density at radius 1 is 0.783 bits per heavy atom. The van der Waals surface area contributed by atoms with E-state index in [0.717, 1.165) is 17.3 Å². The van der Waals surface area contributed by atoms with Crippen LogP contribution in [-0.4, -0.2) is 9.97 Å². The molecule has 0 fully saturated rings. The van der Waals surface area contributed by atoms with E-state index in [1.54, 1.807) is 0 Å². The van der Waals surface area contributed by atoms with Crippen LogP contribution < -0.4 is 9.47 Å². The van der Waals surface area contributed by atoms with E-state index in [0.29, 0.717) is 6.61 Å². The van der Waals surface area contributed by atoms with E-state index in [9.17, 15) is 4.39 Å². The van der Waals surface area contributed by atoms with E-state index < -0.39 is 5.82 Å². The number of hydrogen-bond acceptors (Lipinski definition) is 4. The lowest BCUT2D eigenvalue weighted by atomic mass is 10.2. The predicted molar refractivity (Wildman–Crippen MR) is 83.5 cm³/mol. The Balaban J connectivity index is 1.64. The van der Waals surface area contributed by atoms with Crippen molar-refractivity contribution >= 4 is 0 Å². The maximum atomic E-state index is 13.7. The largest absolute Gasteiger partial charge is 0.471 e. The van der Waals surface area contributed by atoms with Crippen molar-refractivity contribution in [2.24, 2.45) is 0 Å². The zero-order chi connectivity index (χ0) is 15.9. The first-order valence-electron chi connectivity index (χ1n) is 7.17. The molecule has 3 aromatic rings. The summed E-state index contributed by atoms with van der Waals surface area (Å²) in [6, 6.07) is 19.2. The lowest BCUT2D eigenvalue weighted by Crippen LogP contribution is -2.04. The summed E-state index contributed by atoms with van der Waals surface area (Å²) in [6.07, 6.45) is 1.05. The first-order chi connectivity index (χ1) is 11.3. The van der Waals surface area contributed by atoms with Gasteiger partial charge in [-0.25, -0.2) is 4.98 Å². The summed E-state index contributed by atoms with van der Waals surface area (Å²) in [5.41, 5.74) is 1.91. The van der Waals surface area contributed by atoms with Crippen LogP contribution >= 0.6 is 0 Å². The molecule has 0 unspecified atom stereocenters. The zero-order valence-electron chi connectivity index (χ0n) is 12.4. The van der Waals surface area contributed by atoms with E-state index in [4.69, 9.17) is 9.47 Å². The normalized spacial score (nSPS) is 10.3. The van der Waals surface area contributed by atoms with E-state index in [1.807, 2.05) is 60.7 Å². The molecule has 0 amide bonds. The summed E-state index contributed by atoms with van der Waals surface area (Å²) in [5.74, 6) is -0.736. The second-order valence-electron chi connectivity index (χ2n) is 4.85. The van der Waals surface area contributed by atoms with Gasteiger partial charge in [0.05, 0.1) is 6.20 Å². The Labute approximate surface area is 133 Å². The molecule has 4 nitrogen and oxygen atoms in total. The van der Waals surface area contributed by atoms with Crippen LogP contribution in [0.5, 0.6) is 11.9 Å². The van der Waals surface area contributed by atoms with Gasteiger partial charge in [-0.2, -0.15) is 9.37 Å². The minimum atomic E-state index is -0.618. The topological polar surface area (TPSA) is 44.2 Å². The second kappa shape index (κ2) is 7.35. The fourth-order valence-electron chi connectivity index (χ4n) is 1.96. The average molecular weight is 310 g/mol. The van der Waals surface area contributed by atoms with Gasteiger partial charge in [0.2, 0.25) is 5.82 Å². The molecule has 0 spiro atoms. The molecular weight excluding hydrogens is 295 g/mol. The van der Waals surface area contributed by atoms with Gasteiger partial charge in [-0.05, 0) is 11.1 Å². The Hall–Kier alpha value is -2.95. The van der Waals surface area contributed by atoms with Gasteiger partial charge in [-0.3, -0.25) is 0 Å². The molecule has 0 N–H and O–H groups in total. The van der Waals surface area contributed by atoms with Crippen molar-refractivity contribution in [3.05, 3.63) is 83.8 Å². The van der Waals surface area contributed by atoms with E-state index in [2.05, 4.69) is 9.97 Å². The SMILES string of the molecule is Fc1cnc(OCc2ccccc2)nc1OCc1ccccc1. The van der Waals surface area contributed by atoms with Gasteiger partial charge >= 0.3 is 6.01 Å². The summed E-state index contributed by atoms with van der Waals surface area (Å²) in [7, 11) is 0.